The summed E-state index contributed by atoms with van der Waals surface area (Å²) in [6.45, 7) is 3.90. The fourth-order valence-corrected chi connectivity index (χ4v) is 1.85. The summed E-state index contributed by atoms with van der Waals surface area (Å²) in [4.78, 5) is 16.5. The highest BCUT2D eigenvalue weighted by Crippen LogP contribution is 2.21. The van der Waals surface area contributed by atoms with Crippen LogP contribution in [0.4, 0.5) is 0 Å². The molecule has 3 nitrogen and oxygen atoms in total. The summed E-state index contributed by atoms with van der Waals surface area (Å²) in [7, 11) is 1.52. The van der Waals surface area contributed by atoms with Gasteiger partial charge in [-0.2, -0.15) is 0 Å². The molecule has 0 aliphatic carbocycles. The molecule has 0 N–H and O–H groups in total. The molecule has 0 radical (unpaired) electrons. The molecule has 18 heavy (non-hydrogen) atoms. The Morgan fingerprint density at radius 3 is 2.67 bits per heavy atom. The lowest BCUT2D eigenvalue weighted by molar-refractivity contribution is 0.103. The van der Waals surface area contributed by atoms with E-state index in [1.165, 1.54) is 7.11 Å². The van der Waals surface area contributed by atoms with Gasteiger partial charge in [-0.3, -0.25) is 4.79 Å². The minimum Gasteiger partial charge on any atom is -0.480 e. The molecular weight excluding hydrogens is 226 g/mol. The van der Waals surface area contributed by atoms with Gasteiger partial charge in [-0.1, -0.05) is 17.7 Å². The second kappa shape index (κ2) is 5.00. The van der Waals surface area contributed by atoms with Crippen LogP contribution in [0.2, 0.25) is 0 Å². The van der Waals surface area contributed by atoms with E-state index in [1.807, 2.05) is 32.0 Å². The van der Waals surface area contributed by atoms with Crippen molar-refractivity contribution in [3.8, 4) is 5.88 Å². The molecule has 0 atom stereocenters. The molecule has 2 rings (SSSR count). The van der Waals surface area contributed by atoms with E-state index in [0.29, 0.717) is 17.0 Å². The van der Waals surface area contributed by atoms with Crippen molar-refractivity contribution in [2.24, 2.45) is 0 Å². The Bertz CT molecular complexity index is 591. The Kier molecular flexibility index (Phi) is 3.42. The fraction of sp³-hybridized carbons (Fsp3) is 0.200. The number of aryl methyl sites for hydroxylation is 2. The van der Waals surface area contributed by atoms with Crippen molar-refractivity contribution in [2.45, 2.75) is 13.8 Å². The van der Waals surface area contributed by atoms with Crippen LogP contribution in [-0.4, -0.2) is 17.9 Å². The maximum Gasteiger partial charge on any atom is 0.224 e. The predicted molar refractivity (Wildman–Crippen MR) is 70.1 cm³/mol. The van der Waals surface area contributed by atoms with Crippen LogP contribution in [0.5, 0.6) is 5.88 Å². The molecule has 1 aromatic heterocycles. The molecule has 0 saturated carbocycles. The molecule has 1 aromatic carbocycles. The van der Waals surface area contributed by atoms with Gasteiger partial charge >= 0.3 is 0 Å². The molecular formula is C15H15NO2. The summed E-state index contributed by atoms with van der Waals surface area (Å²) in [6, 6.07) is 9.30. The molecule has 0 unspecified atom stereocenters. The minimum atomic E-state index is -0.0545. The van der Waals surface area contributed by atoms with Gasteiger partial charge in [-0.15, -0.1) is 0 Å². The van der Waals surface area contributed by atoms with E-state index in [9.17, 15) is 4.79 Å². The van der Waals surface area contributed by atoms with E-state index < -0.39 is 0 Å². The second-order valence-electron chi connectivity index (χ2n) is 4.21. The van der Waals surface area contributed by atoms with Gasteiger partial charge in [0.1, 0.15) is 0 Å². The van der Waals surface area contributed by atoms with E-state index in [1.54, 1.807) is 18.3 Å². The molecule has 0 aliphatic rings. The van der Waals surface area contributed by atoms with Gasteiger partial charge in [0.05, 0.1) is 12.7 Å². The number of hydrogen-bond donors (Lipinski definition) is 0. The minimum absolute atomic E-state index is 0.0545. The van der Waals surface area contributed by atoms with Crippen LogP contribution in [0, 0.1) is 13.8 Å². The molecule has 2 aromatic rings. The first-order chi connectivity index (χ1) is 8.63. The summed E-state index contributed by atoms with van der Waals surface area (Å²) in [5, 5.41) is 0. The zero-order chi connectivity index (χ0) is 13.1. The lowest BCUT2D eigenvalue weighted by Gasteiger charge is -2.08. The monoisotopic (exact) mass is 241 g/mol. The maximum atomic E-state index is 12.5. The molecule has 0 fully saturated rings. The van der Waals surface area contributed by atoms with Gasteiger partial charge < -0.3 is 4.74 Å². The predicted octanol–water partition coefficient (Wildman–Crippen LogP) is 2.94. The van der Waals surface area contributed by atoms with Gasteiger partial charge in [0.15, 0.2) is 5.78 Å². The number of ether oxygens (including phenoxy) is 1. The quantitative estimate of drug-likeness (QED) is 0.775. The normalized spacial score (nSPS) is 10.2. The third kappa shape index (κ3) is 2.25. The smallest absolute Gasteiger partial charge is 0.224 e. The largest absolute Gasteiger partial charge is 0.480 e. The first kappa shape index (κ1) is 12.3. The van der Waals surface area contributed by atoms with Crippen molar-refractivity contribution < 1.29 is 9.53 Å². The molecule has 0 spiro atoms. The van der Waals surface area contributed by atoms with E-state index in [4.69, 9.17) is 4.74 Å². The first-order valence-electron chi connectivity index (χ1n) is 5.74. The van der Waals surface area contributed by atoms with Crippen LogP contribution in [0.1, 0.15) is 27.0 Å². The number of aromatic nitrogens is 1. The number of hydrogen-bond acceptors (Lipinski definition) is 3. The molecule has 92 valence electrons. The number of benzene rings is 1. The van der Waals surface area contributed by atoms with Crippen molar-refractivity contribution in [2.75, 3.05) is 7.11 Å². The summed E-state index contributed by atoms with van der Waals surface area (Å²) in [5.41, 5.74) is 3.21. The van der Waals surface area contributed by atoms with Crippen LogP contribution in [0.3, 0.4) is 0 Å². The Labute approximate surface area is 106 Å². The Morgan fingerprint density at radius 1 is 1.17 bits per heavy atom. The highest BCUT2D eigenvalue weighted by Gasteiger charge is 2.16. The third-order valence-electron chi connectivity index (χ3n) is 2.85. The molecule has 0 aliphatic heterocycles. The van der Waals surface area contributed by atoms with E-state index >= 15 is 0 Å². The lowest BCUT2D eigenvalue weighted by atomic mass is 9.98. The highest BCUT2D eigenvalue weighted by molar-refractivity contribution is 6.11. The van der Waals surface area contributed by atoms with Crippen LogP contribution < -0.4 is 4.74 Å². The first-order valence-corrected chi connectivity index (χ1v) is 5.74. The van der Waals surface area contributed by atoms with Crippen LogP contribution in [0.15, 0.2) is 36.5 Å². The molecule has 3 heteroatoms. The Hall–Kier alpha value is -2.16. The summed E-state index contributed by atoms with van der Waals surface area (Å²) >= 11 is 0. The number of methoxy groups -OCH3 is 1. The van der Waals surface area contributed by atoms with Gasteiger partial charge in [0.25, 0.3) is 0 Å². The second-order valence-corrected chi connectivity index (χ2v) is 4.21. The average Bonchev–Trinajstić information content (AvgIpc) is 2.40. The van der Waals surface area contributed by atoms with Gasteiger partial charge in [0.2, 0.25) is 5.88 Å². The molecule has 0 saturated heterocycles. The van der Waals surface area contributed by atoms with Gasteiger partial charge in [-0.05, 0) is 37.6 Å². The van der Waals surface area contributed by atoms with E-state index in [2.05, 4.69) is 4.98 Å². The molecule has 0 bridgehead atoms. The number of ketones is 1. The topological polar surface area (TPSA) is 39.2 Å². The SMILES string of the molecule is COc1ncccc1C(=O)c1cc(C)ccc1C. The van der Waals surface area contributed by atoms with Crippen molar-refractivity contribution in [3.63, 3.8) is 0 Å². The van der Waals surface area contributed by atoms with Gasteiger partial charge in [0, 0.05) is 11.8 Å². The number of carbonyl (C=O) groups is 1. The van der Waals surface area contributed by atoms with E-state index in [0.717, 1.165) is 11.1 Å². The Morgan fingerprint density at radius 2 is 1.94 bits per heavy atom. The van der Waals surface area contributed by atoms with Crippen molar-refractivity contribution in [1.29, 1.82) is 0 Å². The fourth-order valence-electron chi connectivity index (χ4n) is 1.85. The number of carbonyl (C=O) groups excluding carboxylic acids is 1. The zero-order valence-corrected chi connectivity index (χ0v) is 10.7. The zero-order valence-electron chi connectivity index (χ0n) is 10.7. The van der Waals surface area contributed by atoms with Crippen molar-refractivity contribution >= 4 is 5.78 Å². The summed E-state index contributed by atoms with van der Waals surface area (Å²) < 4.78 is 5.13. The van der Waals surface area contributed by atoms with Crippen LogP contribution >= 0.6 is 0 Å². The Balaban J connectivity index is 2.51. The summed E-state index contributed by atoms with van der Waals surface area (Å²) in [6.07, 6.45) is 1.61. The third-order valence-corrected chi connectivity index (χ3v) is 2.85. The van der Waals surface area contributed by atoms with Crippen molar-refractivity contribution in [1.82, 2.24) is 4.98 Å². The highest BCUT2D eigenvalue weighted by atomic mass is 16.5. The average molecular weight is 241 g/mol. The number of rotatable bonds is 3. The number of nitrogens with zero attached hydrogens (tertiary/aromatic N) is 1. The molecule has 0 amide bonds. The standard InChI is InChI=1S/C15H15NO2/c1-10-6-7-11(2)13(9-10)14(17)12-5-4-8-16-15(12)18-3/h4-9H,1-3H3. The summed E-state index contributed by atoms with van der Waals surface area (Å²) in [5.74, 6) is 0.310. The lowest BCUT2D eigenvalue weighted by Crippen LogP contribution is -2.07. The van der Waals surface area contributed by atoms with Crippen LogP contribution in [-0.2, 0) is 0 Å². The van der Waals surface area contributed by atoms with E-state index in [-0.39, 0.29) is 5.78 Å². The molecule has 1 heterocycles. The van der Waals surface area contributed by atoms with Gasteiger partial charge in [-0.25, -0.2) is 4.98 Å². The van der Waals surface area contributed by atoms with Crippen LogP contribution in [0.25, 0.3) is 0 Å². The maximum absolute atomic E-state index is 12.5. The number of pyridine rings is 1. The van der Waals surface area contributed by atoms with Crippen molar-refractivity contribution in [3.05, 3.63) is 58.8 Å².